The lowest BCUT2D eigenvalue weighted by atomic mass is 10.2. The highest BCUT2D eigenvalue weighted by molar-refractivity contribution is 9.10. The van der Waals surface area contributed by atoms with E-state index in [1.54, 1.807) is 0 Å². The molecule has 0 fully saturated rings. The van der Waals surface area contributed by atoms with Crippen LogP contribution in [0.25, 0.3) is 0 Å². The molecule has 0 aromatic heterocycles. The van der Waals surface area contributed by atoms with Crippen LogP contribution in [0, 0.1) is 0 Å². The fourth-order valence-electron chi connectivity index (χ4n) is 1.16. The van der Waals surface area contributed by atoms with E-state index in [-0.39, 0.29) is 6.17 Å². The Morgan fingerprint density at radius 1 is 1.25 bits per heavy atom. The summed E-state index contributed by atoms with van der Waals surface area (Å²) in [6, 6.07) is 8.23. The van der Waals surface area contributed by atoms with Gasteiger partial charge in [-0.05, 0) is 31.8 Å². The van der Waals surface area contributed by atoms with E-state index in [2.05, 4.69) is 38.7 Å². The first kappa shape index (κ1) is 9.71. The van der Waals surface area contributed by atoms with Crippen LogP contribution in [0.3, 0.4) is 0 Å². The number of halogens is 1. The minimum atomic E-state index is 0.225. The van der Waals surface area contributed by atoms with E-state index in [0.29, 0.717) is 0 Å². The summed E-state index contributed by atoms with van der Waals surface area (Å²) in [5.41, 5.74) is 1.23. The van der Waals surface area contributed by atoms with Gasteiger partial charge in [0, 0.05) is 4.47 Å². The third-order valence-electron chi connectivity index (χ3n) is 1.76. The van der Waals surface area contributed by atoms with Crippen LogP contribution >= 0.6 is 15.9 Å². The first-order chi connectivity index (χ1) is 5.77. The Hall–Kier alpha value is -0.380. The Labute approximate surface area is 81.5 Å². The van der Waals surface area contributed by atoms with Crippen molar-refractivity contribution < 1.29 is 0 Å². The molecule has 0 heterocycles. The Balaban J connectivity index is 2.85. The minimum absolute atomic E-state index is 0.225. The second-order valence-corrected chi connectivity index (χ2v) is 3.48. The fraction of sp³-hybridized carbons (Fsp3) is 0.333. The van der Waals surface area contributed by atoms with Crippen molar-refractivity contribution >= 4 is 15.9 Å². The number of rotatable bonds is 3. The van der Waals surface area contributed by atoms with Gasteiger partial charge in [-0.3, -0.25) is 0 Å². The molecule has 0 bridgehead atoms. The minimum Gasteiger partial charge on any atom is -0.301 e. The van der Waals surface area contributed by atoms with Gasteiger partial charge in [0.25, 0.3) is 0 Å². The SMILES string of the molecule is CNC(NC)c1cccc(Br)c1. The Morgan fingerprint density at radius 3 is 2.42 bits per heavy atom. The molecule has 0 aliphatic carbocycles. The highest BCUT2D eigenvalue weighted by Gasteiger charge is 2.04. The second-order valence-electron chi connectivity index (χ2n) is 2.57. The smallest absolute Gasteiger partial charge is 0.0830 e. The summed E-state index contributed by atoms with van der Waals surface area (Å²) in [5, 5.41) is 6.33. The van der Waals surface area contributed by atoms with Crippen LogP contribution in [0.15, 0.2) is 28.7 Å². The van der Waals surface area contributed by atoms with E-state index in [0.717, 1.165) is 4.47 Å². The van der Waals surface area contributed by atoms with Gasteiger partial charge >= 0.3 is 0 Å². The van der Waals surface area contributed by atoms with Gasteiger partial charge < -0.3 is 10.6 Å². The van der Waals surface area contributed by atoms with Crippen LogP contribution in [-0.4, -0.2) is 14.1 Å². The Kier molecular flexibility index (Phi) is 3.72. The zero-order valence-electron chi connectivity index (χ0n) is 7.26. The molecule has 1 aromatic rings. The van der Waals surface area contributed by atoms with Gasteiger partial charge in [0.2, 0.25) is 0 Å². The van der Waals surface area contributed by atoms with E-state index in [9.17, 15) is 0 Å². The summed E-state index contributed by atoms with van der Waals surface area (Å²) in [6.07, 6.45) is 0.225. The molecule has 0 aliphatic heterocycles. The predicted molar refractivity (Wildman–Crippen MR) is 55.0 cm³/mol. The molecule has 0 spiro atoms. The van der Waals surface area contributed by atoms with Crippen molar-refractivity contribution in [2.75, 3.05) is 14.1 Å². The average Bonchev–Trinajstić information content (AvgIpc) is 2.07. The van der Waals surface area contributed by atoms with Crippen molar-refractivity contribution in [1.82, 2.24) is 10.6 Å². The number of nitrogens with one attached hydrogen (secondary N) is 2. The first-order valence-electron chi connectivity index (χ1n) is 3.88. The molecule has 66 valence electrons. The normalized spacial score (nSPS) is 10.7. The van der Waals surface area contributed by atoms with Crippen LogP contribution in [0.2, 0.25) is 0 Å². The molecular formula is C9H13BrN2. The monoisotopic (exact) mass is 228 g/mol. The highest BCUT2D eigenvalue weighted by atomic mass is 79.9. The molecular weight excluding hydrogens is 216 g/mol. The van der Waals surface area contributed by atoms with E-state index in [4.69, 9.17) is 0 Å². The molecule has 0 amide bonds. The van der Waals surface area contributed by atoms with Gasteiger partial charge in [0.05, 0.1) is 6.17 Å². The number of benzene rings is 1. The Morgan fingerprint density at radius 2 is 1.92 bits per heavy atom. The second kappa shape index (κ2) is 4.60. The van der Waals surface area contributed by atoms with E-state index >= 15 is 0 Å². The summed E-state index contributed by atoms with van der Waals surface area (Å²) < 4.78 is 1.11. The number of hydrogen-bond donors (Lipinski definition) is 2. The van der Waals surface area contributed by atoms with Crippen molar-refractivity contribution in [2.24, 2.45) is 0 Å². The first-order valence-corrected chi connectivity index (χ1v) is 4.67. The zero-order valence-corrected chi connectivity index (χ0v) is 8.85. The maximum absolute atomic E-state index is 3.43. The van der Waals surface area contributed by atoms with Crippen molar-refractivity contribution in [2.45, 2.75) is 6.17 Å². The van der Waals surface area contributed by atoms with Crippen molar-refractivity contribution in [3.8, 4) is 0 Å². The van der Waals surface area contributed by atoms with Crippen LogP contribution in [0.5, 0.6) is 0 Å². The van der Waals surface area contributed by atoms with Crippen LogP contribution in [0.4, 0.5) is 0 Å². The molecule has 12 heavy (non-hydrogen) atoms. The van der Waals surface area contributed by atoms with E-state index in [1.807, 2.05) is 26.2 Å². The van der Waals surface area contributed by atoms with Crippen molar-refractivity contribution in [3.63, 3.8) is 0 Å². The van der Waals surface area contributed by atoms with Gasteiger partial charge in [-0.15, -0.1) is 0 Å². The third-order valence-corrected chi connectivity index (χ3v) is 2.25. The molecule has 0 unspecified atom stereocenters. The largest absolute Gasteiger partial charge is 0.301 e. The van der Waals surface area contributed by atoms with Crippen molar-refractivity contribution in [3.05, 3.63) is 34.3 Å². The van der Waals surface area contributed by atoms with Crippen LogP contribution in [-0.2, 0) is 0 Å². The van der Waals surface area contributed by atoms with Crippen LogP contribution in [0.1, 0.15) is 11.7 Å². The van der Waals surface area contributed by atoms with Gasteiger partial charge in [-0.2, -0.15) is 0 Å². The third kappa shape index (κ3) is 2.30. The summed E-state index contributed by atoms with van der Waals surface area (Å²) in [7, 11) is 3.87. The topological polar surface area (TPSA) is 24.1 Å². The van der Waals surface area contributed by atoms with Gasteiger partial charge in [0.15, 0.2) is 0 Å². The van der Waals surface area contributed by atoms with Gasteiger partial charge in [-0.25, -0.2) is 0 Å². The van der Waals surface area contributed by atoms with Gasteiger partial charge in [0.1, 0.15) is 0 Å². The fourth-order valence-corrected chi connectivity index (χ4v) is 1.58. The average molecular weight is 229 g/mol. The predicted octanol–water partition coefficient (Wildman–Crippen LogP) is 1.89. The lowest BCUT2D eigenvalue weighted by molar-refractivity contribution is 0.520. The van der Waals surface area contributed by atoms with Gasteiger partial charge in [-0.1, -0.05) is 28.1 Å². The lowest BCUT2D eigenvalue weighted by Crippen LogP contribution is -2.28. The van der Waals surface area contributed by atoms with E-state index < -0.39 is 0 Å². The molecule has 0 radical (unpaired) electrons. The van der Waals surface area contributed by atoms with Crippen molar-refractivity contribution in [1.29, 1.82) is 0 Å². The van der Waals surface area contributed by atoms with E-state index in [1.165, 1.54) is 5.56 Å². The standard InChI is InChI=1S/C9H13BrN2/c1-11-9(12-2)7-4-3-5-8(10)6-7/h3-6,9,11-12H,1-2H3. The summed E-state index contributed by atoms with van der Waals surface area (Å²) >= 11 is 3.43. The quantitative estimate of drug-likeness (QED) is 0.773. The maximum atomic E-state index is 3.43. The summed E-state index contributed by atoms with van der Waals surface area (Å²) in [4.78, 5) is 0. The number of hydrogen-bond acceptors (Lipinski definition) is 2. The Bertz CT molecular complexity index is 246. The summed E-state index contributed by atoms with van der Waals surface area (Å²) in [6.45, 7) is 0. The molecule has 0 saturated heterocycles. The molecule has 2 nitrogen and oxygen atoms in total. The lowest BCUT2D eigenvalue weighted by Gasteiger charge is -2.15. The molecule has 1 aromatic carbocycles. The van der Waals surface area contributed by atoms with Crippen LogP contribution < -0.4 is 10.6 Å². The highest BCUT2D eigenvalue weighted by Crippen LogP contribution is 2.15. The molecule has 3 heteroatoms. The molecule has 0 saturated carbocycles. The molecule has 0 aliphatic rings. The molecule has 0 atom stereocenters. The summed E-state index contributed by atoms with van der Waals surface area (Å²) in [5.74, 6) is 0. The molecule has 1 rings (SSSR count). The maximum Gasteiger partial charge on any atom is 0.0830 e. The zero-order chi connectivity index (χ0) is 8.97. The molecule has 2 N–H and O–H groups in total.